The summed E-state index contributed by atoms with van der Waals surface area (Å²) in [6, 6.07) is 11.0. The van der Waals surface area contributed by atoms with E-state index in [0.717, 1.165) is 31.2 Å². The minimum absolute atomic E-state index is 0.0345. The minimum Gasteiger partial charge on any atom is -0.497 e. The molecule has 0 radical (unpaired) electrons. The van der Waals surface area contributed by atoms with Gasteiger partial charge < -0.3 is 15.4 Å². The van der Waals surface area contributed by atoms with E-state index < -0.39 is 0 Å². The Morgan fingerprint density at radius 3 is 2.70 bits per heavy atom. The van der Waals surface area contributed by atoms with E-state index in [1.807, 2.05) is 0 Å². The molecule has 0 spiro atoms. The van der Waals surface area contributed by atoms with Crippen LogP contribution in [0, 0.1) is 0 Å². The van der Waals surface area contributed by atoms with Gasteiger partial charge in [0.05, 0.1) is 12.9 Å². The number of rotatable bonds is 9. The Morgan fingerprint density at radius 1 is 1.15 bits per heavy atom. The molecular formula is C23H26N6O3S. The van der Waals surface area contributed by atoms with Gasteiger partial charge in [0.2, 0.25) is 11.8 Å². The number of anilines is 1. The fourth-order valence-corrected chi connectivity index (χ4v) is 4.42. The first-order valence-electron chi connectivity index (χ1n) is 10.8. The van der Waals surface area contributed by atoms with Crippen molar-refractivity contribution < 1.29 is 14.3 Å². The number of benzene rings is 1. The molecular weight excluding hydrogens is 440 g/mol. The summed E-state index contributed by atoms with van der Waals surface area (Å²) in [7, 11) is 1.57. The standard InChI is InChI=1S/C23H26N6O3S/c1-32-19-8-4-7-18(13-19)26-20(30)14-29-23(27-22(28-29)16-9-11-24-12-10-16)33-15-21(31)25-17-5-2-3-6-17/h4,7-13,17H,2-3,5-6,14-15H2,1H3,(H,25,31)(H,26,30). The number of ether oxygens (including phenoxy) is 1. The van der Waals surface area contributed by atoms with Crippen LogP contribution in [0.1, 0.15) is 25.7 Å². The van der Waals surface area contributed by atoms with Crippen molar-refractivity contribution in [3.63, 3.8) is 0 Å². The topological polar surface area (TPSA) is 111 Å². The number of carbonyl (C=O) groups is 2. The van der Waals surface area contributed by atoms with Crippen molar-refractivity contribution in [1.82, 2.24) is 25.1 Å². The van der Waals surface area contributed by atoms with Crippen molar-refractivity contribution in [2.75, 3.05) is 18.2 Å². The summed E-state index contributed by atoms with van der Waals surface area (Å²) < 4.78 is 6.73. The minimum atomic E-state index is -0.258. The number of carbonyl (C=O) groups excluding carboxylic acids is 2. The second-order valence-electron chi connectivity index (χ2n) is 7.73. The van der Waals surface area contributed by atoms with Crippen LogP contribution in [0.5, 0.6) is 5.75 Å². The van der Waals surface area contributed by atoms with Crippen molar-refractivity contribution in [1.29, 1.82) is 0 Å². The molecule has 0 bridgehead atoms. The van der Waals surface area contributed by atoms with Gasteiger partial charge in [-0.1, -0.05) is 30.7 Å². The summed E-state index contributed by atoms with van der Waals surface area (Å²) in [6.07, 6.45) is 7.70. The molecule has 33 heavy (non-hydrogen) atoms. The lowest BCUT2D eigenvalue weighted by Crippen LogP contribution is -2.33. The summed E-state index contributed by atoms with van der Waals surface area (Å²) in [5.41, 5.74) is 1.41. The van der Waals surface area contributed by atoms with Crippen LogP contribution in [0.2, 0.25) is 0 Å². The molecule has 172 valence electrons. The maximum Gasteiger partial charge on any atom is 0.246 e. The molecule has 2 aromatic heterocycles. The molecule has 10 heteroatoms. The first-order valence-corrected chi connectivity index (χ1v) is 11.8. The van der Waals surface area contributed by atoms with Gasteiger partial charge in [-0.15, -0.1) is 5.10 Å². The smallest absolute Gasteiger partial charge is 0.246 e. The van der Waals surface area contributed by atoms with E-state index in [9.17, 15) is 9.59 Å². The first-order chi connectivity index (χ1) is 16.1. The highest BCUT2D eigenvalue weighted by Crippen LogP contribution is 2.23. The summed E-state index contributed by atoms with van der Waals surface area (Å²) in [4.78, 5) is 33.7. The van der Waals surface area contributed by atoms with E-state index >= 15 is 0 Å². The monoisotopic (exact) mass is 466 g/mol. The second kappa shape index (κ2) is 11.0. The summed E-state index contributed by atoms with van der Waals surface area (Å²) >= 11 is 1.27. The second-order valence-corrected chi connectivity index (χ2v) is 8.67. The quantitative estimate of drug-likeness (QED) is 0.466. The number of nitrogens with zero attached hydrogens (tertiary/aromatic N) is 4. The normalized spacial score (nSPS) is 13.6. The van der Waals surface area contributed by atoms with Gasteiger partial charge in [0.1, 0.15) is 12.3 Å². The Hall–Kier alpha value is -3.40. The number of pyridine rings is 1. The van der Waals surface area contributed by atoms with Gasteiger partial charge >= 0.3 is 0 Å². The average molecular weight is 467 g/mol. The van der Waals surface area contributed by atoms with Crippen molar-refractivity contribution in [2.24, 2.45) is 0 Å². The third-order valence-corrected chi connectivity index (χ3v) is 6.24. The predicted molar refractivity (Wildman–Crippen MR) is 126 cm³/mol. The van der Waals surface area contributed by atoms with E-state index in [1.165, 1.54) is 16.4 Å². The van der Waals surface area contributed by atoms with Crippen molar-refractivity contribution in [2.45, 2.75) is 43.4 Å². The largest absolute Gasteiger partial charge is 0.497 e. The third kappa shape index (κ3) is 6.32. The predicted octanol–water partition coefficient (Wildman–Crippen LogP) is 3.14. The molecule has 1 aromatic carbocycles. The Bertz CT molecular complexity index is 1100. The fraction of sp³-hybridized carbons (Fsp3) is 0.348. The maximum absolute atomic E-state index is 12.7. The SMILES string of the molecule is COc1cccc(NC(=O)Cn2nc(-c3ccncc3)nc2SCC(=O)NC2CCCC2)c1. The highest BCUT2D eigenvalue weighted by molar-refractivity contribution is 7.99. The van der Waals surface area contributed by atoms with E-state index in [1.54, 1.807) is 55.9 Å². The van der Waals surface area contributed by atoms with E-state index in [2.05, 4.69) is 25.7 Å². The summed E-state index contributed by atoms with van der Waals surface area (Å²) in [5.74, 6) is 1.05. The van der Waals surface area contributed by atoms with Gasteiger partial charge in [0, 0.05) is 35.8 Å². The zero-order valence-electron chi connectivity index (χ0n) is 18.4. The van der Waals surface area contributed by atoms with Crippen LogP contribution in [0.25, 0.3) is 11.4 Å². The van der Waals surface area contributed by atoms with E-state index in [4.69, 9.17) is 4.74 Å². The molecule has 3 aromatic rings. The Kier molecular flexibility index (Phi) is 7.56. The molecule has 0 saturated heterocycles. The van der Waals surface area contributed by atoms with Crippen LogP contribution in [0.3, 0.4) is 0 Å². The highest BCUT2D eigenvalue weighted by Gasteiger charge is 2.19. The van der Waals surface area contributed by atoms with Crippen LogP contribution in [0.15, 0.2) is 53.9 Å². The molecule has 0 atom stereocenters. The number of aromatic nitrogens is 4. The number of nitrogens with one attached hydrogen (secondary N) is 2. The number of hydrogen-bond acceptors (Lipinski definition) is 7. The maximum atomic E-state index is 12.7. The van der Waals surface area contributed by atoms with Gasteiger partial charge in [-0.2, -0.15) is 0 Å². The zero-order valence-corrected chi connectivity index (χ0v) is 19.2. The van der Waals surface area contributed by atoms with Gasteiger partial charge in [0.15, 0.2) is 11.0 Å². The fourth-order valence-electron chi connectivity index (χ4n) is 3.67. The lowest BCUT2D eigenvalue weighted by Gasteiger charge is -2.11. The summed E-state index contributed by atoms with van der Waals surface area (Å²) in [6.45, 7) is -0.0398. The number of thioether (sulfide) groups is 1. The molecule has 0 aliphatic heterocycles. The molecule has 1 aliphatic rings. The zero-order chi connectivity index (χ0) is 23.0. The first kappa shape index (κ1) is 22.8. The Balaban J connectivity index is 1.46. The molecule has 1 fully saturated rings. The molecule has 2 amide bonds. The van der Waals surface area contributed by atoms with Crippen molar-refractivity contribution in [3.8, 4) is 17.1 Å². The van der Waals surface area contributed by atoms with Crippen molar-refractivity contribution in [3.05, 3.63) is 48.8 Å². The van der Waals surface area contributed by atoms with Crippen LogP contribution in [-0.2, 0) is 16.1 Å². The number of methoxy groups -OCH3 is 1. The number of amides is 2. The molecule has 1 aliphatic carbocycles. The molecule has 1 saturated carbocycles. The summed E-state index contributed by atoms with van der Waals surface area (Å²) in [5, 5.41) is 10.9. The van der Waals surface area contributed by atoms with Crippen molar-refractivity contribution >= 4 is 29.3 Å². The average Bonchev–Trinajstić information content (AvgIpc) is 3.48. The van der Waals surface area contributed by atoms with Crippen LogP contribution >= 0.6 is 11.8 Å². The molecule has 2 N–H and O–H groups in total. The van der Waals surface area contributed by atoms with Crippen LogP contribution in [0.4, 0.5) is 5.69 Å². The van der Waals surface area contributed by atoms with Crippen LogP contribution in [-0.4, -0.2) is 50.5 Å². The van der Waals surface area contributed by atoms with Gasteiger partial charge in [-0.05, 0) is 37.1 Å². The van der Waals surface area contributed by atoms with E-state index in [0.29, 0.717) is 22.4 Å². The third-order valence-electron chi connectivity index (χ3n) is 5.28. The lowest BCUT2D eigenvalue weighted by atomic mass is 10.2. The van der Waals surface area contributed by atoms with E-state index in [-0.39, 0.29) is 30.2 Å². The van der Waals surface area contributed by atoms with Crippen LogP contribution < -0.4 is 15.4 Å². The Morgan fingerprint density at radius 2 is 1.94 bits per heavy atom. The molecule has 0 unspecified atom stereocenters. The van der Waals surface area contributed by atoms with Gasteiger partial charge in [0.25, 0.3) is 0 Å². The molecule has 4 rings (SSSR count). The number of hydrogen-bond donors (Lipinski definition) is 2. The lowest BCUT2D eigenvalue weighted by molar-refractivity contribution is -0.119. The molecule has 2 heterocycles. The van der Waals surface area contributed by atoms with Gasteiger partial charge in [-0.3, -0.25) is 14.6 Å². The van der Waals surface area contributed by atoms with Gasteiger partial charge in [-0.25, -0.2) is 9.67 Å². The Labute approximate surface area is 196 Å². The highest BCUT2D eigenvalue weighted by atomic mass is 32.2. The molecule has 9 nitrogen and oxygen atoms in total.